The number of rotatable bonds is 7. The van der Waals surface area contributed by atoms with Crippen LogP contribution in [0.3, 0.4) is 0 Å². The number of nitrogens with one attached hydrogen (secondary N) is 1. The standard InChI is InChI=1S/C13H23NO3S/c1-9(18-11-7-17-8-11)6-13(2,12(15)16-3)14-10-4-5-10/h9-11,14H,4-8H2,1-3H3. The molecule has 1 aliphatic carbocycles. The highest BCUT2D eigenvalue weighted by molar-refractivity contribution is 8.00. The molecule has 2 atom stereocenters. The number of thioether (sulfide) groups is 1. The quantitative estimate of drug-likeness (QED) is 0.714. The van der Waals surface area contributed by atoms with Crippen LogP contribution in [0.25, 0.3) is 0 Å². The van der Waals surface area contributed by atoms with Crippen LogP contribution in [0.15, 0.2) is 0 Å². The Morgan fingerprint density at radius 1 is 1.56 bits per heavy atom. The summed E-state index contributed by atoms with van der Waals surface area (Å²) in [5.41, 5.74) is -0.549. The van der Waals surface area contributed by atoms with Crippen molar-refractivity contribution in [2.75, 3.05) is 20.3 Å². The zero-order chi connectivity index (χ0) is 13.2. The first-order valence-corrected chi connectivity index (χ1v) is 7.57. The summed E-state index contributed by atoms with van der Waals surface area (Å²) in [7, 11) is 1.47. The van der Waals surface area contributed by atoms with Gasteiger partial charge in [-0.25, -0.2) is 0 Å². The van der Waals surface area contributed by atoms with Crippen molar-refractivity contribution in [3.05, 3.63) is 0 Å². The number of hydrogen-bond acceptors (Lipinski definition) is 5. The van der Waals surface area contributed by atoms with Gasteiger partial charge in [-0.05, 0) is 26.2 Å². The maximum atomic E-state index is 12.0. The van der Waals surface area contributed by atoms with Gasteiger partial charge in [-0.2, -0.15) is 11.8 Å². The number of ether oxygens (including phenoxy) is 2. The van der Waals surface area contributed by atoms with Gasteiger partial charge in [-0.1, -0.05) is 6.92 Å². The van der Waals surface area contributed by atoms with Gasteiger partial charge >= 0.3 is 5.97 Å². The predicted octanol–water partition coefficient (Wildman–Crippen LogP) is 1.58. The summed E-state index contributed by atoms with van der Waals surface area (Å²) < 4.78 is 10.1. The Kier molecular flexibility index (Phi) is 4.56. The Bertz CT molecular complexity index is 305. The lowest BCUT2D eigenvalue weighted by atomic mass is 9.96. The van der Waals surface area contributed by atoms with Gasteiger partial charge in [0.1, 0.15) is 5.54 Å². The third kappa shape index (κ3) is 3.62. The summed E-state index contributed by atoms with van der Waals surface area (Å²) in [4.78, 5) is 12.0. The van der Waals surface area contributed by atoms with E-state index in [1.54, 1.807) is 0 Å². The first-order valence-electron chi connectivity index (χ1n) is 6.63. The molecule has 0 radical (unpaired) electrons. The van der Waals surface area contributed by atoms with Gasteiger partial charge in [-0.15, -0.1) is 0 Å². The molecular weight excluding hydrogens is 250 g/mol. The number of methoxy groups -OCH3 is 1. The first-order chi connectivity index (χ1) is 8.53. The van der Waals surface area contributed by atoms with Crippen molar-refractivity contribution >= 4 is 17.7 Å². The molecular formula is C13H23NO3S. The highest BCUT2D eigenvalue weighted by Gasteiger charge is 2.41. The van der Waals surface area contributed by atoms with Crippen molar-refractivity contribution in [3.63, 3.8) is 0 Å². The fraction of sp³-hybridized carbons (Fsp3) is 0.923. The average molecular weight is 273 g/mol. The van der Waals surface area contributed by atoms with E-state index in [9.17, 15) is 4.79 Å². The van der Waals surface area contributed by atoms with Gasteiger partial charge in [0, 0.05) is 11.3 Å². The monoisotopic (exact) mass is 273 g/mol. The van der Waals surface area contributed by atoms with Gasteiger partial charge in [0.15, 0.2) is 0 Å². The predicted molar refractivity (Wildman–Crippen MR) is 72.9 cm³/mol. The lowest BCUT2D eigenvalue weighted by Crippen LogP contribution is -2.52. The van der Waals surface area contributed by atoms with Gasteiger partial charge < -0.3 is 9.47 Å². The topological polar surface area (TPSA) is 47.6 Å². The van der Waals surface area contributed by atoms with Crippen LogP contribution in [0.1, 0.15) is 33.1 Å². The summed E-state index contributed by atoms with van der Waals surface area (Å²) in [5.74, 6) is -0.147. The van der Waals surface area contributed by atoms with Crippen LogP contribution < -0.4 is 5.32 Å². The maximum Gasteiger partial charge on any atom is 0.325 e. The molecule has 2 fully saturated rings. The molecule has 4 nitrogen and oxygen atoms in total. The lowest BCUT2D eigenvalue weighted by molar-refractivity contribution is -0.148. The van der Waals surface area contributed by atoms with Crippen molar-refractivity contribution in [1.82, 2.24) is 5.32 Å². The van der Waals surface area contributed by atoms with Crippen LogP contribution in [0.2, 0.25) is 0 Å². The summed E-state index contributed by atoms with van der Waals surface area (Å²) in [6.45, 7) is 5.84. The third-order valence-corrected chi connectivity index (χ3v) is 4.75. The molecule has 0 amide bonds. The zero-order valence-corrected chi connectivity index (χ0v) is 12.2. The van der Waals surface area contributed by atoms with Crippen molar-refractivity contribution in [1.29, 1.82) is 0 Å². The molecule has 104 valence electrons. The SMILES string of the molecule is COC(=O)C(C)(CC(C)SC1COC1)NC1CC1. The summed E-state index contributed by atoms with van der Waals surface area (Å²) in [5, 5.41) is 4.46. The molecule has 0 spiro atoms. The third-order valence-electron chi connectivity index (χ3n) is 3.46. The van der Waals surface area contributed by atoms with Crippen LogP contribution in [0.4, 0.5) is 0 Å². The van der Waals surface area contributed by atoms with Gasteiger partial charge in [0.05, 0.1) is 25.6 Å². The minimum absolute atomic E-state index is 0.147. The molecule has 0 aromatic carbocycles. The van der Waals surface area contributed by atoms with Gasteiger partial charge in [0.2, 0.25) is 0 Å². The van der Waals surface area contributed by atoms with E-state index in [2.05, 4.69) is 12.2 Å². The first kappa shape index (κ1) is 14.2. The summed E-state index contributed by atoms with van der Waals surface area (Å²) in [6.07, 6.45) is 3.15. The Hall–Kier alpha value is -0.260. The van der Waals surface area contributed by atoms with Crippen LogP contribution in [-0.4, -0.2) is 48.4 Å². The lowest BCUT2D eigenvalue weighted by Gasteiger charge is -2.33. The molecule has 0 bridgehead atoms. The zero-order valence-electron chi connectivity index (χ0n) is 11.4. The summed E-state index contributed by atoms with van der Waals surface area (Å²) >= 11 is 1.92. The second-order valence-corrected chi connectivity index (χ2v) is 7.30. The molecule has 1 aliphatic heterocycles. The highest BCUT2D eigenvalue weighted by Crippen LogP contribution is 2.31. The second-order valence-electron chi connectivity index (χ2n) is 5.55. The fourth-order valence-electron chi connectivity index (χ4n) is 2.35. The maximum absolute atomic E-state index is 12.0. The van der Waals surface area contributed by atoms with E-state index in [0.717, 1.165) is 19.6 Å². The molecule has 0 aromatic heterocycles. The largest absolute Gasteiger partial charge is 0.468 e. The summed E-state index contributed by atoms with van der Waals surface area (Å²) in [6, 6.07) is 0.498. The van der Waals surface area contributed by atoms with Crippen LogP contribution in [0, 0.1) is 0 Å². The van der Waals surface area contributed by atoms with Crippen molar-refractivity contribution < 1.29 is 14.3 Å². The molecule has 5 heteroatoms. The van der Waals surface area contributed by atoms with E-state index < -0.39 is 5.54 Å². The minimum atomic E-state index is -0.549. The second kappa shape index (κ2) is 5.80. The molecule has 1 saturated heterocycles. The minimum Gasteiger partial charge on any atom is -0.468 e. The van der Waals surface area contributed by atoms with Gasteiger partial charge in [-0.3, -0.25) is 10.1 Å². The molecule has 1 saturated carbocycles. The Morgan fingerprint density at radius 2 is 2.22 bits per heavy atom. The van der Waals surface area contributed by atoms with E-state index in [1.165, 1.54) is 20.0 Å². The van der Waals surface area contributed by atoms with Crippen molar-refractivity contribution in [2.24, 2.45) is 0 Å². The van der Waals surface area contributed by atoms with Crippen molar-refractivity contribution in [3.8, 4) is 0 Å². The number of carbonyl (C=O) groups excluding carboxylic acids is 1. The van der Waals surface area contributed by atoms with Crippen molar-refractivity contribution in [2.45, 2.75) is 55.2 Å². The number of esters is 1. The van der Waals surface area contributed by atoms with Crippen LogP contribution >= 0.6 is 11.8 Å². The van der Waals surface area contributed by atoms with Gasteiger partial charge in [0.25, 0.3) is 0 Å². The Morgan fingerprint density at radius 3 is 2.67 bits per heavy atom. The number of hydrogen-bond donors (Lipinski definition) is 1. The van der Waals surface area contributed by atoms with E-state index >= 15 is 0 Å². The highest BCUT2D eigenvalue weighted by atomic mass is 32.2. The molecule has 1 heterocycles. The smallest absolute Gasteiger partial charge is 0.325 e. The Balaban J connectivity index is 1.87. The molecule has 2 rings (SSSR count). The normalized spacial score (nSPS) is 25.1. The fourth-order valence-corrected chi connectivity index (χ4v) is 3.79. The molecule has 2 unspecified atom stereocenters. The van der Waals surface area contributed by atoms with E-state index in [-0.39, 0.29) is 5.97 Å². The molecule has 2 aliphatic rings. The van der Waals surface area contributed by atoms with E-state index in [1.807, 2.05) is 18.7 Å². The van der Waals surface area contributed by atoms with E-state index in [0.29, 0.717) is 16.5 Å². The molecule has 1 N–H and O–H groups in total. The molecule has 0 aromatic rings. The average Bonchev–Trinajstić information content (AvgIpc) is 3.05. The molecule has 18 heavy (non-hydrogen) atoms. The van der Waals surface area contributed by atoms with Crippen LogP contribution in [0.5, 0.6) is 0 Å². The van der Waals surface area contributed by atoms with E-state index in [4.69, 9.17) is 9.47 Å². The number of carbonyl (C=O) groups is 1. The Labute approximate surface area is 113 Å². The van der Waals surface area contributed by atoms with Crippen LogP contribution in [-0.2, 0) is 14.3 Å².